The SMILES string of the molecule is COc1ccc(-n2cc(-c3nc(-c4ccccc4)no3)c3ccccc3c2=O)cc1OC. The van der Waals surface area contributed by atoms with Crippen molar-refractivity contribution in [3.63, 3.8) is 0 Å². The lowest BCUT2D eigenvalue weighted by Gasteiger charge is -2.13. The minimum atomic E-state index is -0.167. The molecule has 7 heteroatoms. The van der Waals surface area contributed by atoms with Crippen LogP contribution >= 0.6 is 0 Å². The van der Waals surface area contributed by atoms with E-state index in [1.54, 1.807) is 49.2 Å². The van der Waals surface area contributed by atoms with Crippen LogP contribution in [0.5, 0.6) is 11.5 Å². The third-order valence-electron chi connectivity index (χ3n) is 5.26. The first kappa shape index (κ1) is 19.6. The molecular weight excluding hydrogens is 406 g/mol. The van der Waals surface area contributed by atoms with Crippen molar-refractivity contribution in [3.8, 4) is 40.0 Å². The Morgan fingerprint density at radius 1 is 0.844 bits per heavy atom. The predicted molar refractivity (Wildman–Crippen MR) is 121 cm³/mol. The lowest BCUT2D eigenvalue weighted by Crippen LogP contribution is -2.18. The second-order valence-electron chi connectivity index (χ2n) is 7.09. The van der Waals surface area contributed by atoms with Crippen LogP contribution in [0.15, 0.2) is 88.3 Å². The van der Waals surface area contributed by atoms with Crippen LogP contribution in [-0.4, -0.2) is 28.9 Å². The summed E-state index contributed by atoms with van der Waals surface area (Å²) in [4.78, 5) is 17.9. The Morgan fingerprint density at radius 2 is 1.56 bits per heavy atom. The van der Waals surface area contributed by atoms with Crippen molar-refractivity contribution in [2.24, 2.45) is 0 Å². The molecule has 2 heterocycles. The van der Waals surface area contributed by atoms with Gasteiger partial charge in [-0.2, -0.15) is 4.98 Å². The van der Waals surface area contributed by atoms with Gasteiger partial charge < -0.3 is 14.0 Å². The zero-order chi connectivity index (χ0) is 22.1. The molecule has 5 rings (SSSR count). The molecule has 0 unspecified atom stereocenters. The van der Waals surface area contributed by atoms with E-state index in [1.165, 1.54) is 0 Å². The summed E-state index contributed by atoms with van der Waals surface area (Å²) >= 11 is 0. The fourth-order valence-corrected chi connectivity index (χ4v) is 3.67. The number of methoxy groups -OCH3 is 2. The van der Waals surface area contributed by atoms with Crippen LogP contribution < -0.4 is 15.0 Å². The number of pyridine rings is 1. The molecule has 32 heavy (non-hydrogen) atoms. The van der Waals surface area contributed by atoms with E-state index in [0.29, 0.717) is 39.9 Å². The monoisotopic (exact) mass is 425 g/mol. The molecule has 0 aliphatic rings. The van der Waals surface area contributed by atoms with Crippen LogP contribution in [-0.2, 0) is 0 Å². The topological polar surface area (TPSA) is 79.4 Å². The van der Waals surface area contributed by atoms with E-state index in [-0.39, 0.29) is 5.56 Å². The molecule has 0 amide bonds. The van der Waals surface area contributed by atoms with Gasteiger partial charge in [0, 0.05) is 28.6 Å². The quantitative estimate of drug-likeness (QED) is 0.405. The lowest BCUT2D eigenvalue weighted by atomic mass is 10.1. The molecule has 0 aliphatic carbocycles. The molecular formula is C25H19N3O4. The van der Waals surface area contributed by atoms with Crippen molar-refractivity contribution < 1.29 is 14.0 Å². The number of hydrogen-bond acceptors (Lipinski definition) is 6. The molecule has 0 spiro atoms. The molecule has 5 aromatic rings. The van der Waals surface area contributed by atoms with Gasteiger partial charge in [0.1, 0.15) is 0 Å². The minimum absolute atomic E-state index is 0.167. The Hall–Kier alpha value is -4.39. The van der Waals surface area contributed by atoms with E-state index in [2.05, 4.69) is 10.1 Å². The Morgan fingerprint density at radius 3 is 2.31 bits per heavy atom. The summed E-state index contributed by atoms with van der Waals surface area (Å²) < 4.78 is 17.9. The number of ether oxygens (including phenoxy) is 2. The number of benzene rings is 3. The lowest BCUT2D eigenvalue weighted by molar-refractivity contribution is 0.355. The number of rotatable bonds is 5. The van der Waals surface area contributed by atoms with Gasteiger partial charge in [-0.3, -0.25) is 9.36 Å². The summed E-state index contributed by atoms with van der Waals surface area (Å²) in [6.45, 7) is 0. The van der Waals surface area contributed by atoms with Gasteiger partial charge >= 0.3 is 0 Å². The van der Waals surface area contributed by atoms with Gasteiger partial charge in [0.2, 0.25) is 5.82 Å². The van der Waals surface area contributed by atoms with Crippen molar-refractivity contribution in [1.82, 2.24) is 14.7 Å². The molecule has 0 saturated carbocycles. The zero-order valence-corrected chi connectivity index (χ0v) is 17.5. The van der Waals surface area contributed by atoms with Crippen molar-refractivity contribution in [3.05, 3.63) is 89.3 Å². The highest BCUT2D eigenvalue weighted by Gasteiger charge is 2.18. The highest BCUT2D eigenvalue weighted by atomic mass is 16.5. The average molecular weight is 425 g/mol. The normalized spacial score (nSPS) is 10.9. The summed E-state index contributed by atoms with van der Waals surface area (Å²) in [6, 6.07) is 22.3. The van der Waals surface area contributed by atoms with Crippen LogP contribution in [0.4, 0.5) is 0 Å². The average Bonchev–Trinajstić information content (AvgIpc) is 3.35. The molecule has 0 saturated heterocycles. The summed E-state index contributed by atoms with van der Waals surface area (Å²) in [5, 5.41) is 5.41. The zero-order valence-electron chi connectivity index (χ0n) is 17.5. The van der Waals surface area contributed by atoms with Crippen LogP contribution in [0.2, 0.25) is 0 Å². The van der Waals surface area contributed by atoms with Gasteiger partial charge in [0.15, 0.2) is 11.5 Å². The first-order chi connectivity index (χ1) is 15.7. The van der Waals surface area contributed by atoms with Gasteiger partial charge in [0.05, 0.1) is 25.5 Å². The van der Waals surface area contributed by atoms with Crippen molar-refractivity contribution in [2.45, 2.75) is 0 Å². The molecule has 0 atom stereocenters. The second kappa shape index (κ2) is 8.03. The van der Waals surface area contributed by atoms with Gasteiger partial charge in [-0.1, -0.05) is 53.7 Å². The third kappa shape index (κ3) is 3.30. The van der Waals surface area contributed by atoms with E-state index in [9.17, 15) is 4.79 Å². The smallest absolute Gasteiger partial charge is 0.262 e. The molecule has 3 aromatic carbocycles. The highest BCUT2D eigenvalue weighted by molar-refractivity contribution is 5.94. The molecule has 0 bridgehead atoms. The molecule has 0 radical (unpaired) electrons. The van der Waals surface area contributed by atoms with Crippen molar-refractivity contribution in [2.75, 3.05) is 14.2 Å². The first-order valence-corrected chi connectivity index (χ1v) is 9.96. The molecule has 158 valence electrons. The second-order valence-corrected chi connectivity index (χ2v) is 7.09. The Bertz CT molecular complexity index is 1470. The maximum Gasteiger partial charge on any atom is 0.262 e. The predicted octanol–water partition coefficient (Wildman–Crippen LogP) is 4.72. The number of nitrogens with zero attached hydrogens (tertiary/aromatic N) is 3. The number of aromatic nitrogens is 3. The fraction of sp³-hybridized carbons (Fsp3) is 0.0800. The minimum Gasteiger partial charge on any atom is -0.493 e. The largest absolute Gasteiger partial charge is 0.493 e. The van der Waals surface area contributed by atoms with Gasteiger partial charge in [-0.05, 0) is 18.2 Å². The molecule has 0 aliphatic heterocycles. The van der Waals surface area contributed by atoms with Crippen LogP contribution in [0.3, 0.4) is 0 Å². The summed E-state index contributed by atoms with van der Waals surface area (Å²) in [7, 11) is 3.12. The molecule has 7 nitrogen and oxygen atoms in total. The molecule has 2 aromatic heterocycles. The Balaban J connectivity index is 1.72. The first-order valence-electron chi connectivity index (χ1n) is 9.96. The Kier molecular flexibility index (Phi) is 4.91. The fourth-order valence-electron chi connectivity index (χ4n) is 3.67. The Labute approximate surface area is 183 Å². The van der Waals surface area contributed by atoms with Crippen molar-refractivity contribution in [1.29, 1.82) is 0 Å². The van der Waals surface area contributed by atoms with Gasteiger partial charge in [0.25, 0.3) is 11.4 Å². The van der Waals surface area contributed by atoms with Gasteiger partial charge in [-0.25, -0.2) is 0 Å². The van der Waals surface area contributed by atoms with E-state index in [4.69, 9.17) is 14.0 Å². The highest BCUT2D eigenvalue weighted by Crippen LogP contribution is 2.31. The maximum atomic E-state index is 13.3. The maximum absolute atomic E-state index is 13.3. The van der Waals surface area contributed by atoms with E-state index in [1.807, 2.05) is 48.5 Å². The van der Waals surface area contributed by atoms with Crippen LogP contribution in [0.25, 0.3) is 39.3 Å². The number of hydrogen-bond donors (Lipinski definition) is 0. The van der Waals surface area contributed by atoms with Crippen molar-refractivity contribution >= 4 is 10.8 Å². The summed E-state index contributed by atoms with van der Waals surface area (Å²) in [5.74, 6) is 1.91. The molecule has 0 fully saturated rings. The standard InChI is InChI=1S/C25H19N3O4/c1-30-21-13-12-17(14-22(21)31-2)28-15-20(18-10-6-7-11-19(18)25(28)29)24-26-23(27-32-24)16-8-4-3-5-9-16/h3-15H,1-2H3. The van der Waals surface area contributed by atoms with Crippen LogP contribution in [0, 0.1) is 0 Å². The third-order valence-corrected chi connectivity index (χ3v) is 5.26. The van der Waals surface area contributed by atoms with E-state index in [0.717, 1.165) is 10.9 Å². The van der Waals surface area contributed by atoms with E-state index >= 15 is 0 Å². The van der Waals surface area contributed by atoms with Crippen LogP contribution in [0.1, 0.15) is 0 Å². The summed E-state index contributed by atoms with van der Waals surface area (Å²) in [5.41, 5.74) is 1.96. The summed E-state index contributed by atoms with van der Waals surface area (Å²) in [6.07, 6.45) is 1.72. The molecule has 0 N–H and O–H groups in total. The van der Waals surface area contributed by atoms with E-state index < -0.39 is 0 Å². The number of fused-ring (bicyclic) bond motifs is 1. The van der Waals surface area contributed by atoms with Gasteiger partial charge in [-0.15, -0.1) is 0 Å².